The molecular weight excluding hydrogens is 329 g/mol. The van der Waals surface area contributed by atoms with Crippen molar-refractivity contribution in [3.05, 3.63) is 33.3 Å². The zero-order chi connectivity index (χ0) is 14.2. The first kappa shape index (κ1) is 14.4. The van der Waals surface area contributed by atoms with Crippen LogP contribution in [0.1, 0.15) is 5.69 Å². The number of anilines is 2. The van der Waals surface area contributed by atoms with Crippen LogP contribution in [0.5, 0.6) is 0 Å². The minimum Gasteiger partial charge on any atom is -0.396 e. The lowest BCUT2D eigenvalue weighted by Gasteiger charge is -2.09. The maximum absolute atomic E-state index is 12.2. The van der Waals surface area contributed by atoms with Gasteiger partial charge in [0.05, 0.1) is 21.4 Å². The van der Waals surface area contributed by atoms with Crippen LogP contribution in [0.15, 0.2) is 22.4 Å². The van der Waals surface area contributed by atoms with Crippen LogP contribution in [-0.2, 0) is 10.0 Å². The monoisotopic (exact) mass is 337 g/mol. The number of halogens is 2. The van der Waals surface area contributed by atoms with Crippen LogP contribution in [0.4, 0.5) is 10.8 Å². The molecule has 102 valence electrons. The van der Waals surface area contributed by atoms with E-state index in [1.165, 1.54) is 23.5 Å². The number of nitrogen functional groups attached to an aromatic ring is 1. The zero-order valence-electron chi connectivity index (χ0n) is 9.65. The molecule has 2 rings (SSSR count). The van der Waals surface area contributed by atoms with Crippen molar-refractivity contribution in [2.75, 3.05) is 10.5 Å². The number of thiazole rings is 1. The van der Waals surface area contributed by atoms with Crippen molar-refractivity contribution < 1.29 is 8.42 Å². The number of nitrogens with two attached hydrogens (primary N) is 1. The Bertz CT molecular complexity index is 728. The van der Waals surface area contributed by atoms with Crippen LogP contribution in [-0.4, -0.2) is 13.4 Å². The van der Waals surface area contributed by atoms with Gasteiger partial charge >= 0.3 is 0 Å². The first-order valence-electron chi connectivity index (χ1n) is 4.99. The van der Waals surface area contributed by atoms with Crippen molar-refractivity contribution in [1.82, 2.24) is 4.98 Å². The average Bonchev–Trinajstić information content (AvgIpc) is 2.70. The molecule has 0 unspecified atom stereocenters. The fourth-order valence-corrected chi connectivity index (χ4v) is 4.03. The second kappa shape index (κ2) is 5.16. The van der Waals surface area contributed by atoms with Crippen molar-refractivity contribution >= 4 is 55.4 Å². The van der Waals surface area contributed by atoms with Gasteiger partial charge in [0.1, 0.15) is 4.90 Å². The maximum Gasteiger partial charge on any atom is 0.265 e. The van der Waals surface area contributed by atoms with Gasteiger partial charge in [0.2, 0.25) is 0 Å². The first-order valence-corrected chi connectivity index (χ1v) is 8.11. The molecule has 0 aliphatic heterocycles. The fourth-order valence-electron chi connectivity index (χ4n) is 1.33. The van der Waals surface area contributed by atoms with E-state index in [1.54, 1.807) is 12.3 Å². The Labute approximate surface area is 124 Å². The van der Waals surface area contributed by atoms with Gasteiger partial charge in [-0.05, 0) is 19.1 Å². The number of hydrogen-bond donors (Lipinski definition) is 2. The largest absolute Gasteiger partial charge is 0.396 e. The van der Waals surface area contributed by atoms with Crippen molar-refractivity contribution in [3.8, 4) is 0 Å². The molecule has 0 aliphatic carbocycles. The molecule has 0 bridgehead atoms. The molecule has 0 atom stereocenters. The normalized spacial score (nSPS) is 11.5. The zero-order valence-corrected chi connectivity index (χ0v) is 12.8. The number of sulfonamides is 1. The number of hydrogen-bond acceptors (Lipinski definition) is 5. The van der Waals surface area contributed by atoms with E-state index >= 15 is 0 Å². The molecule has 0 aliphatic rings. The minimum atomic E-state index is -3.84. The summed E-state index contributed by atoms with van der Waals surface area (Å²) in [6, 6.07) is 2.67. The lowest BCUT2D eigenvalue weighted by atomic mass is 10.3. The van der Waals surface area contributed by atoms with E-state index in [0.717, 1.165) is 5.69 Å². The van der Waals surface area contributed by atoms with Gasteiger partial charge in [-0.2, -0.15) is 0 Å². The molecule has 3 N–H and O–H groups in total. The van der Waals surface area contributed by atoms with Gasteiger partial charge < -0.3 is 5.73 Å². The Morgan fingerprint density at radius 3 is 2.63 bits per heavy atom. The predicted octanol–water partition coefficient (Wildman–Crippen LogP) is 3.14. The summed E-state index contributed by atoms with van der Waals surface area (Å²) in [6.07, 6.45) is 0. The quantitative estimate of drug-likeness (QED) is 0.842. The third-order valence-electron chi connectivity index (χ3n) is 2.22. The summed E-state index contributed by atoms with van der Waals surface area (Å²) in [5.74, 6) is 0. The number of benzene rings is 1. The molecule has 0 saturated carbocycles. The Balaban J connectivity index is 2.43. The molecule has 1 aromatic heterocycles. The van der Waals surface area contributed by atoms with Gasteiger partial charge in [0.15, 0.2) is 5.13 Å². The first-order chi connectivity index (χ1) is 8.81. The number of nitrogens with one attached hydrogen (secondary N) is 1. The van der Waals surface area contributed by atoms with Crippen molar-refractivity contribution in [2.24, 2.45) is 0 Å². The molecule has 0 radical (unpaired) electrons. The van der Waals surface area contributed by atoms with Gasteiger partial charge in [-0.15, -0.1) is 11.3 Å². The molecule has 2 aromatic rings. The van der Waals surface area contributed by atoms with Gasteiger partial charge in [0.25, 0.3) is 10.0 Å². The average molecular weight is 338 g/mol. The molecule has 5 nitrogen and oxygen atoms in total. The standard InChI is InChI=1S/C10H9Cl2N3O2S2/c1-5-4-18-10(14-5)15-19(16,17)7-3-2-6(11)9(13)8(7)12/h2-4H,13H2,1H3,(H,14,15). The van der Waals surface area contributed by atoms with Crippen LogP contribution < -0.4 is 10.5 Å². The summed E-state index contributed by atoms with van der Waals surface area (Å²) < 4.78 is 26.7. The second-order valence-electron chi connectivity index (χ2n) is 3.67. The van der Waals surface area contributed by atoms with Crippen LogP contribution >= 0.6 is 34.5 Å². The highest BCUT2D eigenvalue weighted by Crippen LogP contribution is 2.34. The highest BCUT2D eigenvalue weighted by molar-refractivity contribution is 7.93. The van der Waals surface area contributed by atoms with Gasteiger partial charge in [0, 0.05) is 5.38 Å². The number of rotatable bonds is 3. The van der Waals surface area contributed by atoms with Crippen LogP contribution in [0.2, 0.25) is 10.0 Å². The molecular formula is C10H9Cl2N3O2S2. The lowest BCUT2D eigenvalue weighted by Crippen LogP contribution is -2.14. The van der Waals surface area contributed by atoms with Crippen molar-refractivity contribution in [1.29, 1.82) is 0 Å². The van der Waals surface area contributed by atoms with E-state index in [1.807, 2.05) is 0 Å². The fraction of sp³-hybridized carbons (Fsp3) is 0.100. The predicted molar refractivity (Wildman–Crippen MR) is 78.5 cm³/mol. The highest BCUT2D eigenvalue weighted by atomic mass is 35.5. The maximum atomic E-state index is 12.2. The Morgan fingerprint density at radius 2 is 2.05 bits per heavy atom. The molecule has 1 heterocycles. The molecule has 0 spiro atoms. The smallest absolute Gasteiger partial charge is 0.265 e. The minimum absolute atomic E-state index is 0.0292. The topological polar surface area (TPSA) is 85.1 Å². The molecule has 1 aromatic carbocycles. The van der Waals surface area contributed by atoms with E-state index in [0.29, 0.717) is 0 Å². The third kappa shape index (κ3) is 2.94. The molecule has 0 fully saturated rings. The van der Waals surface area contributed by atoms with Gasteiger partial charge in [-0.3, -0.25) is 4.72 Å². The van der Waals surface area contributed by atoms with Crippen LogP contribution in [0.25, 0.3) is 0 Å². The Morgan fingerprint density at radius 1 is 1.37 bits per heavy atom. The van der Waals surface area contributed by atoms with Crippen LogP contribution in [0.3, 0.4) is 0 Å². The Hall–Kier alpha value is -1.02. The summed E-state index contributed by atoms with van der Waals surface area (Å²) in [5, 5.41) is 2.10. The van der Waals surface area contributed by atoms with E-state index < -0.39 is 10.0 Å². The van der Waals surface area contributed by atoms with Gasteiger partial charge in [-0.1, -0.05) is 23.2 Å². The van der Waals surface area contributed by atoms with Gasteiger partial charge in [-0.25, -0.2) is 13.4 Å². The van der Waals surface area contributed by atoms with E-state index in [-0.39, 0.29) is 25.8 Å². The van der Waals surface area contributed by atoms with Crippen LogP contribution in [0, 0.1) is 6.92 Å². The second-order valence-corrected chi connectivity index (χ2v) is 6.97. The Kier molecular flexibility index (Phi) is 3.91. The molecule has 0 amide bonds. The number of nitrogens with zero attached hydrogens (tertiary/aromatic N) is 1. The van der Waals surface area contributed by atoms with E-state index in [4.69, 9.17) is 28.9 Å². The van der Waals surface area contributed by atoms with Crippen molar-refractivity contribution in [3.63, 3.8) is 0 Å². The molecule has 0 saturated heterocycles. The highest BCUT2D eigenvalue weighted by Gasteiger charge is 2.21. The number of aryl methyl sites for hydroxylation is 1. The molecule has 19 heavy (non-hydrogen) atoms. The lowest BCUT2D eigenvalue weighted by molar-refractivity contribution is 0.601. The van der Waals surface area contributed by atoms with Crippen molar-refractivity contribution in [2.45, 2.75) is 11.8 Å². The number of aromatic nitrogens is 1. The summed E-state index contributed by atoms with van der Waals surface area (Å²) in [4.78, 5) is 3.88. The molecule has 9 heteroatoms. The summed E-state index contributed by atoms with van der Waals surface area (Å²) >= 11 is 12.9. The summed E-state index contributed by atoms with van der Waals surface area (Å²) in [6.45, 7) is 1.77. The van der Waals surface area contributed by atoms with E-state index in [2.05, 4.69) is 9.71 Å². The summed E-state index contributed by atoms with van der Waals surface area (Å²) in [7, 11) is -3.84. The summed E-state index contributed by atoms with van der Waals surface area (Å²) in [5.41, 5.74) is 6.36. The van der Waals surface area contributed by atoms with E-state index in [9.17, 15) is 8.42 Å². The SMILES string of the molecule is Cc1csc(NS(=O)(=O)c2ccc(Cl)c(N)c2Cl)n1. The third-order valence-corrected chi connectivity index (χ3v) is 5.46.